The molecule has 0 radical (unpaired) electrons. The zero-order chi connectivity index (χ0) is 13.2. The SMILES string of the molecule is CNC(NC)c1c(C)cc(C(C)(C)C)cc1C. The topological polar surface area (TPSA) is 24.1 Å². The Labute approximate surface area is 106 Å². The predicted molar refractivity (Wildman–Crippen MR) is 75.5 cm³/mol. The van der Waals surface area contributed by atoms with Crippen LogP contribution in [-0.2, 0) is 5.41 Å². The molecule has 0 atom stereocenters. The second kappa shape index (κ2) is 5.19. The fraction of sp³-hybridized carbons (Fsp3) is 0.600. The molecule has 96 valence electrons. The molecule has 1 rings (SSSR count). The highest BCUT2D eigenvalue weighted by Gasteiger charge is 2.18. The summed E-state index contributed by atoms with van der Waals surface area (Å²) in [6.07, 6.45) is 0.226. The van der Waals surface area contributed by atoms with Crippen LogP contribution in [0.15, 0.2) is 12.1 Å². The number of hydrogen-bond acceptors (Lipinski definition) is 2. The highest BCUT2D eigenvalue weighted by Crippen LogP contribution is 2.28. The molecule has 0 aromatic heterocycles. The fourth-order valence-electron chi connectivity index (χ4n) is 2.30. The third-order valence-corrected chi connectivity index (χ3v) is 3.33. The molecule has 0 aliphatic rings. The van der Waals surface area contributed by atoms with Gasteiger partial charge in [-0.3, -0.25) is 0 Å². The second-order valence-corrected chi connectivity index (χ2v) is 5.78. The maximum atomic E-state index is 3.30. The molecule has 0 fully saturated rings. The second-order valence-electron chi connectivity index (χ2n) is 5.78. The summed E-state index contributed by atoms with van der Waals surface area (Å²) in [6.45, 7) is 11.2. The van der Waals surface area contributed by atoms with Gasteiger partial charge in [0.2, 0.25) is 0 Å². The van der Waals surface area contributed by atoms with Crippen LogP contribution in [0.1, 0.15) is 49.2 Å². The normalized spacial score (nSPS) is 12.2. The Kier molecular flexibility index (Phi) is 4.34. The first-order chi connectivity index (χ1) is 7.81. The fourth-order valence-corrected chi connectivity index (χ4v) is 2.30. The Morgan fingerprint density at radius 3 is 1.65 bits per heavy atom. The van der Waals surface area contributed by atoms with Gasteiger partial charge in [-0.25, -0.2) is 0 Å². The number of hydrogen-bond donors (Lipinski definition) is 2. The molecule has 0 bridgehead atoms. The van der Waals surface area contributed by atoms with Crippen molar-refractivity contribution in [2.45, 2.75) is 46.2 Å². The third kappa shape index (κ3) is 3.08. The Morgan fingerprint density at radius 1 is 0.941 bits per heavy atom. The first-order valence-corrected chi connectivity index (χ1v) is 6.27. The van der Waals surface area contributed by atoms with Gasteiger partial charge in [-0.05, 0) is 55.6 Å². The summed E-state index contributed by atoms with van der Waals surface area (Å²) >= 11 is 0. The van der Waals surface area contributed by atoms with E-state index in [2.05, 4.69) is 57.4 Å². The van der Waals surface area contributed by atoms with Crippen LogP contribution in [-0.4, -0.2) is 14.1 Å². The van der Waals surface area contributed by atoms with Gasteiger partial charge >= 0.3 is 0 Å². The van der Waals surface area contributed by atoms with Crippen molar-refractivity contribution in [3.63, 3.8) is 0 Å². The van der Waals surface area contributed by atoms with Crippen molar-refractivity contribution < 1.29 is 0 Å². The highest BCUT2D eigenvalue weighted by atomic mass is 15.1. The lowest BCUT2D eigenvalue weighted by atomic mass is 9.83. The molecule has 0 unspecified atom stereocenters. The summed E-state index contributed by atoms with van der Waals surface area (Å²) in [4.78, 5) is 0. The molecule has 1 aromatic rings. The number of nitrogens with one attached hydrogen (secondary N) is 2. The van der Waals surface area contributed by atoms with Gasteiger partial charge in [-0.2, -0.15) is 0 Å². The predicted octanol–water partition coefficient (Wildman–Crippen LogP) is 3.04. The molecule has 0 aliphatic heterocycles. The van der Waals surface area contributed by atoms with Crippen LogP contribution in [0.2, 0.25) is 0 Å². The Balaban J connectivity index is 3.28. The van der Waals surface area contributed by atoms with E-state index in [9.17, 15) is 0 Å². The Morgan fingerprint density at radius 2 is 1.35 bits per heavy atom. The van der Waals surface area contributed by atoms with Gasteiger partial charge < -0.3 is 10.6 Å². The van der Waals surface area contributed by atoms with Crippen LogP contribution in [0.5, 0.6) is 0 Å². The van der Waals surface area contributed by atoms with Crippen molar-refractivity contribution in [2.24, 2.45) is 0 Å². The van der Waals surface area contributed by atoms with E-state index in [-0.39, 0.29) is 11.6 Å². The summed E-state index contributed by atoms with van der Waals surface area (Å²) < 4.78 is 0. The average Bonchev–Trinajstić information content (AvgIpc) is 2.21. The zero-order valence-corrected chi connectivity index (χ0v) is 12.2. The monoisotopic (exact) mass is 234 g/mol. The van der Waals surface area contributed by atoms with E-state index < -0.39 is 0 Å². The van der Waals surface area contributed by atoms with Crippen LogP contribution in [0.3, 0.4) is 0 Å². The molecule has 0 amide bonds. The van der Waals surface area contributed by atoms with E-state index in [0.29, 0.717) is 0 Å². The summed E-state index contributed by atoms with van der Waals surface area (Å²) in [7, 11) is 3.97. The molecular formula is C15H26N2. The lowest BCUT2D eigenvalue weighted by molar-refractivity contribution is 0.513. The van der Waals surface area contributed by atoms with Crippen LogP contribution >= 0.6 is 0 Å². The minimum atomic E-state index is 0.211. The van der Waals surface area contributed by atoms with Gasteiger partial charge in [0.25, 0.3) is 0 Å². The van der Waals surface area contributed by atoms with Gasteiger partial charge in [0.15, 0.2) is 0 Å². The van der Waals surface area contributed by atoms with Crippen LogP contribution in [0, 0.1) is 13.8 Å². The average molecular weight is 234 g/mol. The van der Waals surface area contributed by atoms with Gasteiger partial charge in [0.05, 0.1) is 6.17 Å². The van der Waals surface area contributed by atoms with E-state index in [4.69, 9.17) is 0 Å². The standard InChI is InChI=1S/C15H26N2/c1-10-8-12(15(3,4)5)9-11(2)13(10)14(16-6)17-7/h8-9,14,16-17H,1-7H3. The van der Waals surface area contributed by atoms with Crippen molar-refractivity contribution in [3.8, 4) is 0 Å². The Bertz CT molecular complexity index is 361. The van der Waals surface area contributed by atoms with E-state index in [1.807, 2.05) is 14.1 Å². The number of aryl methyl sites for hydroxylation is 2. The first-order valence-electron chi connectivity index (χ1n) is 6.27. The quantitative estimate of drug-likeness (QED) is 0.786. The molecule has 0 aliphatic carbocycles. The van der Waals surface area contributed by atoms with E-state index in [1.165, 1.54) is 22.3 Å². The van der Waals surface area contributed by atoms with E-state index in [1.54, 1.807) is 0 Å². The highest BCUT2D eigenvalue weighted by molar-refractivity contribution is 5.42. The summed E-state index contributed by atoms with van der Waals surface area (Å²) in [5.41, 5.74) is 5.68. The largest absolute Gasteiger partial charge is 0.301 e. The summed E-state index contributed by atoms with van der Waals surface area (Å²) in [5, 5.41) is 6.59. The van der Waals surface area contributed by atoms with E-state index in [0.717, 1.165) is 0 Å². The van der Waals surface area contributed by atoms with Gasteiger partial charge in [0, 0.05) is 0 Å². The molecule has 2 N–H and O–H groups in total. The number of rotatable bonds is 3. The summed E-state index contributed by atoms with van der Waals surface area (Å²) in [6, 6.07) is 4.62. The molecule has 0 heterocycles. The van der Waals surface area contributed by atoms with Crippen molar-refractivity contribution >= 4 is 0 Å². The van der Waals surface area contributed by atoms with Crippen molar-refractivity contribution in [1.29, 1.82) is 0 Å². The maximum Gasteiger partial charge on any atom is 0.0835 e. The lowest BCUT2D eigenvalue weighted by Gasteiger charge is -2.25. The minimum absolute atomic E-state index is 0.211. The van der Waals surface area contributed by atoms with Gasteiger partial charge in [-0.1, -0.05) is 32.9 Å². The molecular weight excluding hydrogens is 208 g/mol. The van der Waals surface area contributed by atoms with Crippen LogP contribution in [0.25, 0.3) is 0 Å². The lowest BCUT2D eigenvalue weighted by Crippen LogP contribution is -2.30. The molecule has 17 heavy (non-hydrogen) atoms. The first kappa shape index (κ1) is 14.2. The van der Waals surface area contributed by atoms with Crippen molar-refractivity contribution in [2.75, 3.05) is 14.1 Å². The van der Waals surface area contributed by atoms with Crippen molar-refractivity contribution in [1.82, 2.24) is 10.6 Å². The van der Waals surface area contributed by atoms with Crippen molar-refractivity contribution in [3.05, 3.63) is 34.4 Å². The minimum Gasteiger partial charge on any atom is -0.301 e. The van der Waals surface area contributed by atoms with Crippen LogP contribution in [0.4, 0.5) is 0 Å². The van der Waals surface area contributed by atoms with Gasteiger partial charge in [-0.15, -0.1) is 0 Å². The zero-order valence-electron chi connectivity index (χ0n) is 12.2. The molecule has 2 nitrogen and oxygen atoms in total. The summed E-state index contributed by atoms with van der Waals surface area (Å²) in [5.74, 6) is 0. The van der Waals surface area contributed by atoms with E-state index >= 15 is 0 Å². The molecule has 0 saturated carbocycles. The smallest absolute Gasteiger partial charge is 0.0835 e. The molecule has 2 heteroatoms. The maximum absolute atomic E-state index is 3.30. The Hall–Kier alpha value is -0.860. The number of benzene rings is 1. The van der Waals surface area contributed by atoms with Gasteiger partial charge in [0.1, 0.15) is 0 Å². The third-order valence-electron chi connectivity index (χ3n) is 3.33. The molecule has 1 aromatic carbocycles. The molecule has 0 spiro atoms. The molecule has 0 saturated heterocycles. The van der Waals surface area contributed by atoms with Crippen LogP contribution < -0.4 is 10.6 Å².